The van der Waals surface area contributed by atoms with Crippen molar-refractivity contribution in [3.05, 3.63) is 51.6 Å². The second-order valence-corrected chi connectivity index (χ2v) is 4.76. The van der Waals surface area contributed by atoms with Gasteiger partial charge in [0, 0.05) is 28.4 Å². The van der Waals surface area contributed by atoms with Crippen molar-refractivity contribution >= 4 is 22.6 Å². The van der Waals surface area contributed by atoms with Gasteiger partial charge in [0.15, 0.2) is 0 Å². The Labute approximate surface area is 109 Å². The van der Waals surface area contributed by atoms with E-state index >= 15 is 0 Å². The molecule has 0 saturated carbocycles. The van der Waals surface area contributed by atoms with Gasteiger partial charge in [-0.25, -0.2) is 4.98 Å². The van der Waals surface area contributed by atoms with Crippen molar-refractivity contribution < 1.29 is 0 Å². The molecule has 0 bridgehead atoms. The number of nitrogens with one attached hydrogen (secondary N) is 2. The van der Waals surface area contributed by atoms with Crippen LogP contribution >= 0.6 is 22.6 Å². The number of nitrogens with zero attached hydrogens (tertiary/aromatic N) is 1. The first kappa shape index (κ1) is 11.6. The summed E-state index contributed by atoms with van der Waals surface area (Å²) >= 11 is 2.37. The van der Waals surface area contributed by atoms with E-state index in [0.29, 0.717) is 6.04 Å². The van der Waals surface area contributed by atoms with Crippen LogP contribution in [0.3, 0.4) is 0 Å². The highest BCUT2D eigenvalue weighted by molar-refractivity contribution is 14.1. The monoisotopic (exact) mass is 327 g/mol. The average Bonchev–Trinajstić information content (AvgIpc) is 2.80. The summed E-state index contributed by atoms with van der Waals surface area (Å²) in [6.45, 7) is 0. The summed E-state index contributed by atoms with van der Waals surface area (Å²) in [5.41, 5.74) is 1.32. The molecule has 0 aliphatic carbocycles. The second kappa shape index (κ2) is 5.45. The van der Waals surface area contributed by atoms with Crippen molar-refractivity contribution in [2.45, 2.75) is 12.5 Å². The van der Waals surface area contributed by atoms with Crippen molar-refractivity contribution in [1.29, 1.82) is 0 Å². The Hall–Kier alpha value is -0.880. The Kier molecular flexibility index (Phi) is 3.95. The molecular weight excluding hydrogens is 313 g/mol. The minimum absolute atomic E-state index is 0.305. The molecule has 4 heteroatoms. The van der Waals surface area contributed by atoms with Crippen LogP contribution in [0.2, 0.25) is 0 Å². The van der Waals surface area contributed by atoms with Crippen molar-refractivity contribution in [2.75, 3.05) is 7.05 Å². The number of rotatable bonds is 4. The molecule has 2 rings (SSSR count). The van der Waals surface area contributed by atoms with Crippen LogP contribution in [0.15, 0.2) is 36.7 Å². The van der Waals surface area contributed by atoms with Gasteiger partial charge in [0.2, 0.25) is 0 Å². The van der Waals surface area contributed by atoms with Crippen LogP contribution in [-0.4, -0.2) is 17.0 Å². The summed E-state index contributed by atoms with van der Waals surface area (Å²) in [5.74, 6) is 1.01. The summed E-state index contributed by atoms with van der Waals surface area (Å²) in [6, 6.07) is 8.72. The van der Waals surface area contributed by atoms with E-state index in [4.69, 9.17) is 0 Å². The molecule has 1 aromatic heterocycles. The standard InChI is InChI=1S/C12H14IN3/c1-14-11(8-12-15-6-7-16-12)9-4-2-3-5-10(9)13/h2-7,11,14H,8H2,1H3,(H,15,16). The average molecular weight is 327 g/mol. The Morgan fingerprint density at radius 3 is 2.88 bits per heavy atom. The van der Waals surface area contributed by atoms with Crippen LogP contribution in [0, 0.1) is 3.57 Å². The van der Waals surface area contributed by atoms with Gasteiger partial charge < -0.3 is 10.3 Å². The minimum Gasteiger partial charge on any atom is -0.349 e. The lowest BCUT2D eigenvalue weighted by Crippen LogP contribution is -2.20. The quantitative estimate of drug-likeness (QED) is 0.848. The molecule has 2 N–H and O–H groups in total. The largest absolute Gasteiger partial charge is 0.349 e. The summed E-state index contributed by atoms with van der Waals surface area (Å²) in [5, 5.41) is 3.33. The molecule has 84 valence electrons. The fraction of sp³-hybridized carbons (Fsp3) is 0.250. The van der Waals surface area contributed by atoms with E-state index in [1.165, 1.54) is 9.13 Å². The van der Waals surface area contributed by atoms with Crippen LogP contribution in [0.5, 0.6) is 0 Å². The molecule has 2 aromatic rings. The van der Waals surface area contributed by atoms with Gasteiger partial charge in [0.05, 0.1) is 0 Å². The number of H-pyrrole nitrogens is 1. The zero-order valence-corrected chi connectivity index (χ0v) is 11.2. The number of aromatic nitrogens is 2. The fourth-order valence-corrected chi connectivity index (χ4v) is 2.49. The van der Waals surface area contributed by atoms with E-state index in [9.17, 15) is 0 Å². The number of hydrogen-bond donors (Lipinski definition) is 2. The first-order chi connectivity index (χ1) is 7.81. The maximum absolute atomic E-state index is 4.26. The van der Waals surface area contributed by atoms with Crippen molar-refractivity contribution in [1.82, 2.24) is 15.3 Å². The second-order valence-electron chi connectivity index (χ2n) is 3.60. The molecule has 0 saturated heterocycles. The molecule has 0 amide bonds. The highest BCUT2D eigenvalue weighted by Crippen LogP contribution is 2.21. The van der Waals surface area contributed by atoms with E-state index in [2.05, 4.69) is 62.1 Å². The number of imidazole rings is 1. The van der Waals surface area contributed by atoms with Crippen LogP contribution in [0.4, 0.5) is 0 Å². The highest BCUT2D eigenvalue weighted by Gasteiger charge is 2.13. The van der Waals surface area contributed by atoms with Gasteiger partial charge in [0.25, 0.3) is 0 Å². The molecule has 1 heterocycles. The summed E-state index contributed by atoms with van der Waals surface area (Å²) in [6.07, 6.45) is 4.53. The normalized spacial score (nSPS) is 12.6. The molecule has 16 heavy (non-hydrogen) atoms. The molecule has 1 unspecified atom stereocenters. The van der Waals surface area contributed by atoms with E-state index < -0.39 is 0 Å². The topological polar surface area (TPSA) is 40.7 Å². The van der Waals surface area contributed by atoms with Gasteiger partial charge >= 0.3 is 0 Å². The lowest BCUT2D eigenvalue weighted by molar-refractivity contribution is 0.575. The SMILES string of the molecule is CNC(Cc1ncc[nH]1)c1ccccc1I. The minimum atomic E-state index is 0.305. The van der Waals surface area contributed by atoms with Crippen molar-refractivity contribution in [3.63, 3.8) is 0 Å². The first-order valence-electron chi connectivity index (χ1n) is 5.21. The third kappa shape index (κ3) is 2.62. The molecule has 0 spiro atoms. The molecule has 1 aromatic carbocycles. The van der Waals surface area contributed by atoms with Crippen LogP contribution in [0.1, 0.15) is 17.4 Å². The molecular formula is C12H14IN3. The van der Waals surface area contributed by atoms with Crippen LogP contribution in [-0.2, 0) is 6.42 Å². The lowest BCUT2D eigenvalue weighted by atomic mass is 10.0. The Bertz CT molecular complexity index is 439. The van der Waals surface area contributed by atoms with E-state index in [1.807, 2.05) is 13.2 Å². The third-order valence-corrected chi connectivity index (χ3v) is 3.56. The predicted octanol–water partition coefficient (Wildman–Crippen LogP) is 2.52. The molecule has 1 atom stereocenters. The smallest absolute Gasteiger partial charge is 0.107 e. The van der Waals surface area contributed by atoms with Crippen LogP contribution in [0.25, 0.3) is 0 Å². The van der Waals surface area contributed by atoms with Gasteiger partial charge in [-0.1, -0.05) is 18.2 Å². The maximum Gasteiger partial charge on any atom is 0.107 e. The number of hydrogen-bond acceptors (Lipinski definition) is 2. The van der Waals surface area contributed by atoms with E-state index in [-0.39, 0.29) is 0 Å². The molecule has 3 nitrogen and oxygen atoms in total. The Morgan fingerprint density at radius 1 is 1.44 bits per heavy atom. The Morgan fingerprint density at radius 2 is 2.25 bits per heavy atom. The van der Waals surface area contributed by atoms with E-state index in [0.717, 1.165) is 12.2 Å². The number of halogens is 1. The van der Waals surface area contributed by atoms with Gasteiger partial charge in [-0.2, -0.15) is 0 Å². The molecule has 0 aliphatic rings. The third-order valence-electron chi connectivity index (χ3n) is 2.58. The number of aromatic amines is 1. The number of benzene rings is 1. The maximum atomic E-state index is 4.26. The lowest BCUT2D eigenvalue weighted by Gasteiger charge is -2.16. The van der Waals surface area contributed by atoms with Gasteiger partial charge in [-0.3, -0.25) is 0 Å². The zero-order chi connectivity index (χ0) is 11.4. The fourth-order valence-electron chi connectivity index (χ4n) is 1.73. The Balaban J connectivity index is 2.20. The van der Waals surface area contributed by atoms with Crippen LogP contribution < -0.4 is 5.32 Å². The first-order valence-corrected chi connectivity index (χ1v) is 6.29. The molecule has 0 aliphatic heterocycles. The van der Waals surface area contributed by atoms with Gasteiger partial charge in [0.1, 0.15) is 5.82 Å². The predicted molar refractivity (Wildman–Crippen MR) is 73.3 cm³/mol. The molecule has 0 radical (unpaired) electrons. The van der Waals surface area contributed by atoms with Crippen molar-refractivity contribution in [2.24, 2.45) is 0 Å². The van der Waals surface area contributed by atoms with Gasteiger partial charge in [-0.05, 0) is 41.3 Å². The zero-order valence-electron chi connectivity index (χ0n) is 9.07. The molecule has 0 fully saturated rings. The van der Waals surface area contributed by atoms with Gasteiger partial charge in [-0.15, -0.1) is 0 Å². The van der Waals surface area contributed by atoms with E-state index in [1.54, 1.807) is 6.20 Å². The summed E-state index contributed by atoms with van der Waals surface area (Å²) in [4.78, 5) is 7.40. The number of likely N-dealkylation sites (N-methyl/N-ethyl adjacent to an activating group) is 1. The summed E-state index contributed by atoms with van der Waals surface area (Å²) in [7, 11) is 1.98. The summed E-state index contributed by atoms with van der Waals surface area (Å²) < 4.78 is 1.28. The van der Waals surface area contributed by atoms with Crippen molar-refractivity contribution in [3.8, 4) is 0 Å². The highest BCUT2D eigenvalue weighted by atomic mass is 127.